The minimum atomic E-state index is -2.12. The molecule has 0 spiro atoms. The molecule has 1 amide bonds. The molecule has 0 aliphatic heterocycles. The van der Waals surface area contributed by atoms with Gasteiger partial charge in [-0.3, -0.25) is 4.79 Å². The normalized spacial score (nSPS) is 18.1. The van der Waals surface area contributed by atoms with Crippen LogP contribution in [0.25, 0.3) is 0 Å². The van der Waals surface area contributed by atoms with Crippen LogP contribution in [0.1, 0.15) is 20.8 Å². The van der Waals surface area contributed by atoms with Crippen LogP contribution in [0.2, 0.25) is 0 Å². The van der Waals surface area contributed by atoms with Crippen molar-refractivity contribution in [2.24, 2.45) is 5.92 Å². The van der Waals surface area contributed by atoms with Crippen LogP contribution < -0.4 is 5.32 Å². The molecule has 0 bridgehead atoms. The van der Waals surface area contributed by atoms with Crippen LogP contribution in [0.4, 0.5) is 0 Å². The van der Waals surface area contributed by atoms with Crippen molar-refractivity contribution in [1.29, 1.82) is 0 Å². The zero-order valence-corrected chi connectivity index (χ0v) is 11.6. The molecule has 0 unspecified atom stereocenters. The minimum absolute atomic E-state index is 0.159. The van der Waals surface area contributed by atoms with Gasteiger partial charge < -0.3 is 15.5 Å². The number of carbonyl (C=O) groups is 1. The zero-order valence-electron chi connectivity index (χ0n) is 9.30. The van der Waals surface area contributed by atoms with Gasteiger partial charge in [-0.05, 0) is 12.8 Å². The summed E-state index contributed by atoms with van der Waals surface area (Å²) in [5.74, 6) is -1.04. The van der Waals surface area contributed by atoms with Gasteiger partial charge in [-0.1, -0.05) is 48.7 Å². The SMILES string of the molecule is CC(C)[C@H](O)[C@@](C)(CO)NC(=O)C(Cl)(Cl)Cl. The first kappa shape index (κ1) is 16.3. The number of hydrogen-bond donors (Lipinski definition) is 3. The molecule has 4 nitrogen and oxygen atoms in total. The zero-order chi connectivity index (χ0) is 13.1. The summed E-state index contributed by atoms with van der Waals surface area (Å²) in [5.41, 5.74) is -1.24. The fourth-order valence-electron chi connectivity index (χ4n) is 1.27. The van der Waals surface area contributed by atoms with Crippen molar-refractivity contribution in [3.8, 4) is 0 Å². The average Bonchev–Trinajstić information content (AvgIpc) is 2.14. The number of rotatable bonds is 4. The molecular weight excluding hydrogens is 276 g/mol. The standard InChI is InChI=1S/C9H16Cl3NO3/c1-5(2)6(15)8(3,4-14)13-7(16)9(10,11)12/h5-6,14-15H,4H2,1-3H3,(H,13,16)/t6-,8+/m0/s1. The first-order valence-electron chi connectivity index (χ1n) is 4.73. The summed E-state index contributed by atoms with van der Waals surface area (Å²) in [6, 6.07) is 0. The van der Waals surface area contributed by atoms with E-state index in [0.29, 0.717) is 0 Å². The lowest BCUT2D eigenvalue weighted by atomic mass is 9.88. The van der Waals surface area contributed by atoms with E-state index in [4.69, 9.17) is 34.8 Å². The Morgan fingerprint density at radius 3 is 2.06 bits per heavy atom. The lowest BCUT2D eigenvalue weighted by Crippen LogP contribution is -2.60. The van der Waals surface area contributed by atoms with E-state index in [0.717, 1.165) is 0 Å². The van der Waals surface area contributed by atoms with E-state index in [9.17, 15) is 15.0 Å². The second-order valence-corrected chi connectivity index (χ2v) is 6.50. The highest BCUT2D eigenvalue weighted by atomic mass is 35.6. The van der Waals surface area contributed by atoms with Crippen LogP contribution in [0.3, 0.4) is 0 Å². The Labute approximate surface area is 110 Å². The van der Waals surface area contributed by atoms with Crippen LogP contribution in [0.5, 0.6) is 0 Å². The van der Waals surface area contributed by atoms with E-state index in [-0.39, 0.29) is 5.92 Å². The third-order valence-corrected chi connectivity index (χ3v) is 2.78. The maximum absolute atomic E-state index is 11.4. The Kier molecular flexibility index (Phi) is 5.83. The molecule has 0 fully saturated rings. The number of nitrogens with one attached hydrogen (secondary N) is 1. The van der Waals surface area contributed by atoms with E-state index in [1.54, 1.807) is 13.8 Å². The molecule has 0 saturated heterocycles. The molecule has 0 aliphatic rings. The number of aliphatic hydroxyl groups is 2. The van der Waals surface area contributed by atoms with Gasteiger partial charge in [0.1, 0.15) is 0 Å². The summed E-state index contributed by atoms with van der Waals surface area (Å²) in [6.07, 6.45) is -0.950. The largest absolute Gasteiger partial charge is 0.394 e. The summed E-state index contributed by atoms with van der Waals surface area (Å²) in [7, 11) is 0. The highest BCUT2D eigenvalue weighted by Gasteiger charge is 2.41. The number of amides is 1. The third-order valence-electron chi connectivity index (χ3n) is 2.27. The van der Waals surface area contributed by atoms with Crippen molar-refractivity contribution in [2.45, 2.75) is 36.2 Å². The van der Waals surface area contributed by atoms with Crippen LogP contribution in [-0.4, -0.2) is 38.2 Å². The van der Waals surface area contributed by atoms with Crippen molar-refractivity contribution in [2.75, 3.05) is 6.61 Å². The molecule has 0 saturated carbocycles. The molecule has 0 aromatic rings. The smallest absolute Gasteiger partial charge is 0.272 e. The van der Waals surface area contributed by atoms with E-state index in [1.165, 1.54) is 6.92 Å². The van der Waals surface area contributed by atoms with Crippen molar-refractivity contribution < 1.29 is 15.0 Å². The second-order valence-electron chi connectivity index (χ2n) is 4.22. The third kappa shape index (κ3) is 4.26. The van der Waals surface area contributed by atoms with Crippen LogP contribution in [0.15, 0.2) is 0 Å². The van der Waals surface area contributed by atoms with E-state index >= 15 is 0 Å². The lowest BCUT2D eigenvalue weighted by molar-refractivity contribution is -0.125. The Morgan fingerprint density at radius 2 is 1.81 bits per heavy atom. The van der Waals surface area contributed by atoms with Gasteiger partial charge in [0.2, 0.25) is 0 Å². The van der Waals surface area contributed by atoms with Gasteiger partial charge >= 0.3 is 0 Å². The van der Waals surface area contributed by atoms with Crippen LogP contribution >= 0.6 is 34.8 Å². The molecule has 2 atom stereocenters. The molecule has 0 aromatic heterocycles. The van der Waals surface area contributed by atoms with E-state index in [1.807, 2.05) is 0 Å². The summed E-state index contributed by atoms with van der Waals surface area (Å²) < 4.78 is -2.12. The van der Waals surface area contributed by atoms with Gasteiger partial charge in [0, 0.05) is 0 Å². The summed E-state index contributed by atoms with van der Waals surface area (Å²) >= 11 is 16.2. The number of hydrogen-bond acceptors (Lipinski definition) is 3. The fraction of sp³-hybridized carbons (Fsp3) is 0.889. The summed E-state index contributed by atoms with van der Waals surface area (Å²) in [4.78, 5) is 11.4. The number of aliphatic hydroxyl groups excluding tert-OH is 2. The number of alkyl halides is 3. The molecule has 0 radical (unpaired) electrons. The van der Waals surface area contributed by atoms with Crippen molar-refractivity contribution >= 4 is 40.7 Å². The summed E-state index contributed by atoms with van der Waals surface area (Å²) in [5, 5.41) is 21.4. The van der Waals surface area contributed by atoms with Crippen LogP contribution in [-0.2, 0) is 4.79 Å². The van der Waals surface area contributed by atoms with Crippen molar-refractivity contribution in [3.05, 3.63) is 0 Å². The Balaban J connectivity index is 4.80. The molecule has 3 N–H and O–H groups in total. The minimum Gasteiger partial charge on any atom is -0.394 e. The van der Waals surface area contributed by atoms with Gasteiger partial charge in [0.05, 0.1) is 18.2 Å². The fourth-order valence-corrected chi connectivity index (χ4v) is 1.41. The van der Waals surface area contributed by atoms with Gasteiger partial charge in [-0.25, -0.2) is 0 Å². The maximum Gasteiger partial charge on any atom is 0.272 e. The summed E-state index contributed by atoms with van der Waals surface area (Å²) in [6.45, 7) is 4.52. The Bertz CT molecular complexity index is 255. The second kappa shape index (κ2) is 5.74. The van der Waals surface area contributed by atoms with Gasteiger partial charge in [-0.15, -0.1) is 0 Å². The molecule has 16 heavy (non-hydrogen) atoms. The Morgan fingerprint density at radius 1 is 1.38 bits per heavy atom. The topological polar surface area (TPSA) is 69.6 Å². The number of halogens is 3. The van der Waals surface area contributed by atoms with E-state index < -0.39 is 27.9 Å². The molecule has 0 aromatic carbocycles. The van der Waals surface area contributed by atoms with Gasteiger partial charge in [-0.2, -0.15) is 0 Å². The lowest BCUT2D eigenvalue weighted by Gasteiger charge is -2.36. The average molecular weight is 293 g/mol. The van der Waals surface area contributed by atoms with Crippen molar-refractivity contribution in [1.82, 2.24) is 5.32 Å². The molecule has 0 aliphatic carbocycles. The Hall–Kier alpha value is 0.260. The van der Waals surface area contributed by atoms with E-state index in [2.05, 4.69) is 5.32 Å². The quantitative estimate of drug-likeness (QED) is 0.683. The number of carbonyl (C=O) groups excluding carboxylic acids is 1. The van der Waals surface area contributed by atoms with Crippen LogP contribution in [0, 0.1) is 5.92 Å². The highest BCUT2D eigenvalue weighted by molar-refractivity contribution is 6.76. The van der Waals surface area contributed by atoms with Gasteiger partial charge in [0.15, 0.2) is 0 Å². The molecule has 96 valence electrons. The highest BCUT2D eigenvalue weighted by Crippen LogP contribution is 2.28. The molecular formula is C9H16Cl3NO3. The molecule has 7 heteroatoms. The monoisotopic (exact) mass is 291 g/mol. The maximum atomic E-state index is 11.4. The predicted octanol–water partition coefficient (Wildman–Crippen LogP) is 1.24. The first-order valence-corrected chi connectivity index (χ1v) is 5.86. The predicted molar refractivity (Wildman–Crippen MR) is 64.8 cm³/mol. The van der Waals surface area contributed by atoms with Gasteiger partial charge in [0.25, 0.3) is 9.70 Å². The molecule has 0 heterocycles. The van der Waals surface area contributed by atoms with Crippen molar-refractivity contribution in [3.63, 3.8) is 0 Å². The first-order chi connectivity index (χ1) is 7.04. The molecule has 0 rings (SSSR count).